The average Bonchev–Trinajstić information content (AvgIpc) is 2.00. The van der Waals surface area contributed by atoms with Gasteiger partial charge in [0.25, 0.3) is 0 Å². The highest BCUT2D eigenvalue weighted by atomic mass is 16.3. The zero-order valence-corrected chi connectivity index (χ0v) is 8.76. The molecule has 0 aromatic heterocycles. The van der Waals surface area contributed by atoms with Gasteiger partial charge in [0.2, 0.25) is 0 Å². The van der Waals surface area contributed by atoms with E-state index >= 15 is 0 Å². The van der Waals surface area contributed by atoms with Gasteiger partial charge in [0.15, 0.2) is 0 Å². The molecule has 2 heteroatoms. The quantitative estimate of drug-likeness (QED) is 0.561. The fourth-order valence-corrected chi connectivity index (χ4v) is 1.10. The van der Waals surface area contributed by atoms with Crippen molar-refractivity contribution in [1.29, 1.82) is 0 Å². The lowest BCUT2D eigenvalue weighted by molar-refractivity contribution is 0.306. The van der Waals surface area contributed by atoms with Crippen molar-refractivity contribution in [1.82, 2.24) is 0 Å². The largest absolute Gasteiger partial charge is 0.151 e. The highest BCUT2D eigenvalue weighted by Gasteiger charge is 2.18. The van der Waals surface area contributed by atoms with Gasteiger partial charge >= 0.3 is 0 Å². The molecule has 0 aliphatic heterocycles. The minimum Gasteiger partial charge on any atom is -0.151 e. The maximum atomic E-state index is 10.1. The first-order chi connectivity index (χ1) is 5.52. The van der Waals surface area contributed by atoms with Crippen LogP contribution in [0.4, 0.5) is 0 Å². The Morgan fingerprint density at radius 2 is 2.00 bits per heavy atom. The fraction of sp³-hybridized carbons (Fsp3) is 1.00. The molecule has 0 aliphatic rings. The van der Waals surface area contributed by atoms with E-state index in [0.29, 0.717) is 6.54 Å². The van der Waals surface area contributed by atoms with Crippen LogP contribution in [0.5, 0.6) is 0 Å². The average molecular weight is 171 g/mol. The molecule has 0 aliphatic carbocycles. The molecule has 0 aromatic carbocycles. The molecule has 0 bridgehead atoms. The summed E-state index contributed by atoms with van der Waals surface area (Å²) in [4.78, 5) is 10.1. The number of hydrogen-bond acceptors (Lipinski definition) is 2. The zero-order valence-electron chi connectivity index (χ0n) is 8.76. The third-order valence-corrected chi connectivity index (χ3v) is 2.50. The van der Waals surface area contributed by atoms with E-state index in [9.17, 15) is 4.91 Å². The molecule has 0 amide bonds. The van der Waals surface area contributed by atoms with Gasteiger partial charge in [0.05, 0.1) is 6.54 Å². The van der Waals surface area contributed by atoms with E-state index in [1.807, 2.05) is 0 Å². The van der Waals surface area contributed by atoms with E-state index in [1.54, 1.807) is 0 Å². The van der Waals surface area contributed by atoms with Gasteiger partial charge in [-0.2, -0.15) is 4.91 Å². The third-order valence-electron chi connectivity index (χ3n) is 2.50. The van der Waals surface area contributed by atoms with E-state index < -0.39 is 0 Å². The minimum atomic E-state index is 0.102. The van der Waals surface area contributed by atoms with Crippen LogP contribution in [0.25, 0.3) is 0 Å². The summed E-state index contributed by atoms with van der Waals surface area (Å²) in [5, 5.41) is 2.96. The van der Waals surface area contributed by atoms with Gasteiger partial charge in [-0.3, -0.25) is 0 Å². The van der Waals surface area contributed by atoms with Gasteiger partial charge < -0.3 is 0 Å². The molecule has 1 unspecified atom stereocenters. The summed E-state index contributed by atoms with van der Waals surface area (Å²) in [6.07, 6.45) is 3.54. The molecule has 0 saturated heterocycles. The Hall–Kier alpha value is -0.400. The number of nitroso groups, excluding NO2 is 1. The van der Waals surface area contributed by atoms with Crippen LogP contribution >= 0.6 is 0 Å². The molecule has 0 saturated carbocycles. The number of hydrogen-bond donors (Lipinski definition) is 0. The van der Waals surface area contributed by atoms with Crippen molar-refractivity contribution in [3.63, 3.8) is 0 Å². The van der Waals surface area contributed by atoms with Crippen molar-refractivity contribution in [2.45, 2.75) is 47.0 Å². The summed E-state index contributed by atoms with van der Waals surface area (Å²) in [6.45, 7) is 9.12. The Kier molecular flexibility index (Phi) is 5.11. The van der Waals surface area contributed by atoms with Crippen LogP contribution in [0.1, 0.15) is 47.0 Å². The van der Waals surface area contributed by atoms with Crippen LogP contribution < -0.4 is 0 Å². The van der Waals surface area contributed by atoms with E-state index in [4.69, 9.17) is 0 Å². The monoisotopic (exact) mass is 171 g/mol. The molecule has 0 spiro atoms. The molecule has 1 atom stereocenters. The van der Waals surface area contributed by atoms with Gasteiger partial charge in [0, 0.05) is 0 Å². The lowest BCUT2D eigenvalue weighted by atomic mass is 9.85. The molecular formula is C10H21NO. The van der Waals surface area contributed by atoms with Crippen molar-refractivity contribution in [3.8, 4) is 0 Å². The lowest BCUT2D eigenvalue weighted by Crippen LogP contribution is -2.16. The molecule has 0 rings (SSSR count). The predicted molar refractivity (Wildman–Crippen MR) is 53.1 cm³/mol. The molecule has 72 valence electrons. The summed E-state index contributed by atoms with van der Waals surface area (Å²) in [5.74, 6) is 0.774. The fourth-order valence-electron chi connectivity index (χ4n) is 1.10. The van der Waals surface area contributed by atoms with Crippen LogP contribution in [0.15, 0.2) is 5.18 Å². The third kappa shape index (κ3) is 5.28. The van der Waals surface area contributed by atoms with Crippen LogP contribution in [-0.4, -0.2) is 6.54 Å². The SMILES string of the molecule is CCC(C)CCC(C)(C)CN=O. The first kappa shape index (κ1) is 11.6. The summed E-state index contributed by atoms with van der Waals surface area (Å²) in [6, 6.07) is 0. The van der Waals surface area contributed by atoms with Gasteiger partial charge in [0.1, 0.15) is 0 Å². The number of rotatable bonds is 6. The highest BCUT2D eigenvalue weighted by Crippen LogP contribution is 2.25. The standard InChI is InChI=1S/C10H21NO/c1-5-9(2)6-7-10(3,4)8-11-12/h9H,5-8H2,1-4H3. The zero-order chi connectivity index (χ0) is 9.61. The predicted octanol–water partition coefficient (Wildman–Crippen LogP) is 3.61. The molecule has 0 aromatic rings. The van der Waals surface area contributed by atoms with Crippen LogP contribution in [-0.2, 0) is 0 Å². The first-order valence-corrected chi connectivity index (χ1v) is 4.81. The Morgan fingerprint density at radius 1 is 1.42 bits per heavy atom. The normalized spacial score (nSPS) is 14.3. The second-order valence-electron chi connectivity index (χ2n) is 4.50. The maximum absolute atomic E-state index is 10.1. The topological polar surface area (TPSA) is 29.4 Å². The molecule has 2 nitrogen and oxygen atoms in total. The Morgan fingerprint density at radius 3 is 2.42 bits per heavy atom. The summed E-state index contributed by atoms with van der Waals surface area (Å²) in [7, 11) is 0. The van der Waals surface area contributed by atoms with Crippen LogP contribution in [0.3, 0.4) is 0 Å². The minimum absolute atomic E-state index is 0.102. The summed E-state index contributed by atoms with van der Waals surface area (Å²) < 4.78 is 0. The van der Waals surface area contributed by atoms with E-state index in [-0.39, 0.29) is 5.41 Å². The second-order valence-corrected chi connectivity index (χ2v) is 4.50. The van der Waals surface area contributed by atoms with Crippen molar-refractivity contribution < 1.29 is 0 Å². The smallest absolute Gasteiger partial charge is 0.0862 e. The van der Waals surface area contributed by atoms with E-state index in [2.05, 4.69) is 32.9 Å². The highest BCUT2D eigenvalue weighted by molar-refractivity contribution is 4.71. The lowest BCUT2D eigenvalue weighted by Gasteiger charge is -2.22. The summed E-state index contributed by atoms with van der Waals surface area (Å²) in [5.41, 5.74) is 0.102. The van der Waals surface area contributed by atoms with Gasteiger partial charge in [-0.05, 0) is 17.8 Å². The van der Waals surface area contributed by atoms with Crippen molar-refractivity contribution in [3.05, 3.63) is 4.91 Å². The van der Waals surface area contributed by atoms with Crippen molar-refractivity contribution in [2.24, 2.45) is 16.5 Å². The van der Waals surface area contributed by atoms with E-state index in [0.717, 1.165) is 12.3 Å². The Balaban J connectivity index is 3.66. The van der Waals surface area contributed by atoms with Gasteiger partial charge in [-0.25, -0.2) is 0 Å². The summed E-state index contributed by atoms with van der Waals surface area (Å²) >= 11 is 0. The van der Waals surface area contributed by atoms with Crippen LogP contribution in [0.2, 0.25) is 0 Å². The van der Waals surface area contributed by atoms with Crippen molar-refractivity contribution in [2.75, 3.05) is 6.54 Å². The Labute approximate surface area is 75.7 Å². The van der Waals surface area contributed by atoms with Gasteiger partial charge in [-0.1, -0.05) is 45.7 Å². The van der Waals surface area contributed by atoms with Gasteiger partial charge in [-0.15, -0.1) is 0 Å². The van der Waals surface area contributed by atoms with Crippen molar-refractivity contribution >= 4 is 0 Å². The molecular weight excluding hydrogens is 150 g/mol. The second kappa shape index (κ2) is 5.28. The number of nitrogens with zero attached hydrogens (tertiary/aromatic N) is 1. The maximum Gasteiger partial charge on any atom is 0.0862 e. The molecule has 0 N–H and O–H groups in total. The first-order valence-electron chi connectivity index (χ1n) is 4.81. The molecule has 0 radical (unpaired) electrons. The molecule has 12 heavy (non-hydrogen) atoms. The molecule has 0 fully saturated rings. The van der Waals surface area contributed by atoms with E-state index in [1.165, 1.54) is 12.8 Å². The van der Waals surface area contributed by atoms with Crippen LogP contribution in [0, 0.1) is 16.2 Å². The molecule has 0 heterocycles. The Bertz CT molecular complexity index is 132.